The number of hydrogen-bond donors (Lipinski definition) is 2. The van der Waals surface area contributed by atoms with Crippen LogP contribution in [0.3, 0.4) is 0 Å². The summed E-state index contributed by atoms with van der Waals surface area (Å²) >= 11 is 0. The van der Waals surface area contributed by atoms with E-state index in [1.807, 2.05) is 48.5 Å². The molecule has 0 spiro atoms. The quantitative estimate of drug-likeness (QED) is 0.722. The minimum Gasteiger partial charge on any atom is -0.439 e. The minimum absolute atomic E-state index is 0.0367. The highest BCUT2D eigenvalue weighted by molar-refractivity contribution is 5.87. The van der Waals surface area contributed by atoms with Gasteiger partial charge in [0.25, 0.3) is 5.56 Å². The molecule has 0 unspecified atom stereocenters. The van der Waals surface area contributed by atoms with Gasteiger partial charge in [-0.3, -0.25) is 4.79 Å². The summed E-state index contributed by atoms with van der Waals surface area (Å²) in [6.45, 7) is 0. The van der Waals surface area contributed by atoms with Gasteiger partial charge in [-0.15, -0.1) is 0 Å². The Kier molecular flexibility index (Phi) is 3.10. The fourth-order valence-corrected chi connectivity index (χ4v) is 3.15. The van der Waals surface area contributed by atoms with E-state index >= 15 is 0 Å². The second-order valence-electron chi connectivity index (χ2n) is 5.58. The van der Waals surface area contributed by atoms with Crippen molar-refractivity contribution < 1.29 is 4.74 Å². The van der Waals surface area contributed by atoms with Gasteiger partial charge in [0.05, 0.1) is 17.0 Å². The number of benzene rings is 2. The summed E-state index contributed by atoms with van der Waals surface area (Å²) in [5.41, 5.74) is 7.86. The van der Waals surface area contributed by atoms with Crippen LogP contribution >= 0.6 is 0 Å². The Balaban J connectivity index is 2.10. The third kappa shape index (κ3) is 1.97. The Morgan fingerprint density at radius 1 is 1.08 bits per heavy atom. The Hall–Kier alpha value is -3.52. The van der Waals surface area contributed by atoms with E-state index in [-0.39, 0.29) is 17.0 Å². The average Bonchev–Trinajstić information content (AvgIpc) is 2.61. The molecular weight excluding hydrogens is 302 g/mol. The van der Waals surface area contributed by atoms with Gasteiger partial charge in [-0.25, -0.2) is 0 Å². The Morgan fingerprint density at radius 2 is 1.79 bits per heavy atom. The van der Waals surface area contributed by atoms with Crippen LogP contribution < -0.4 is 16.0 Å². The van der Waals surface area contributed by atoms with E-state index in [1.54, 1.807) is 6.07 Å². The molecule has 5 heteroatoms. The number of hydrogen-bond acceptors (Lipinski definition) is 4. The van der Waals surface area contributed by atoms with Gasteiger partial charge >= 0.3 is 0 Å². The number of allylic oxidation sites excluding steroid dienone is 1. The van der Waals surface area contributed by atoms with Crippen LogP contribution in [0.25, 0.3) is 10.9 Å². The molecule has 2 heterocycles. The molecule has 1 atom stereocenters. The van der Waals surface area contributed by atoms with Crippen molar-refractivity contribution in [2.24, 2.45) is 5.73 Å². The van der Waals surface area contributed by atoms with E-state index < -0.39 is 5.92 Å². The third-order valence-electron chi connectivity index (χ3n) is 4.22. The highest BCUT2D eigenvalue weighted by Gasteiger charge is 2.34. The minimum atomic E-state index is -0.548. The number of nitrogens with zero attached hydrogens (tertiary/aromatic N) is 1. The van der Waals surface area contributed by atoms with Crippen molar-refractivity contribution in [3.8, 4) is 11.8 Å². The largest absolute Gasteiger partial charge is 0.439 e. The van der Waals surface area contributed by atoms with Gasteiger partial charge in [0, 0.05) is 5.39 Å². The number of aromatic amines is 1. The number of nitriles is 1. The molecule has 0 aliphatic carbocycles. The van der Waals surface area contributed by atoms with Gasteiger partial charge in [-0.2, -0.15) is 5.26 Å². The number of H-pyrrole nitrogens is 1. The molecule has 5 nitrogen and oxygen atoms in total. The topological polar surface area (TPSA) is 91.9 Å². The zero-order valence-corrected chi connectivity index (χ0v) is 12.6. The lowest BCUT2D eigenvalue weighted by molar-refractivity contribution is 0.397. The summed E-state index contributed by atoms with van der Waals surface area (Å²) in [7, 11) is 0. The molecule has 0 saturated heterocycles. The lowest BCUT2D eigenvalue weighted by Gasteiger charge is -2.26. The number of fused-ring (bicyclic) bond motifs is 3. The number of para-hydroxylation sites is 1. The predicted octanol–water partition coefficient (Wildman–Crippen LogP) is 2.75. The van der Waals surface area contributed by atoms with E-state index in [0.717, 1.165) is 10.9 Å². The van der Waals surface area contributed by atoms with Crippen molar-refractivity contribution in [1.82, 2.24) is 4.98 Å². The average molecular weight is 315 g/mol. The van der Waals surface area contributed by atoms with Crippen molar-refractivity contribution in [3.05, 3.63) is 87.5 Å². The van der Waals surface area contributed by atoms with Crippen molar-refractivity contribution in [2.75, 3.05) is 0 Å². The van der Waals surface area contributed by atoms with Gasteiger partial charge in [0.2, 0.25) is 5.88 Å². The lowest BCUT2D eigenvalue weighted by Crippen LogP contribution is -2.27. The number of nitrogens with one attached hydrogen (secondary N) is 1. The highest BCUT2D eigenvalue weighted by Crippen LogP contribution is 2.42. The summed E-state index contributed by atoms with van der Waals surface area (Å²) in [4.78, 5) is 15.6. The van der Waals surface area contributed by atoms with Crippen LogP contribution in [-0.2, 0) is 0 Å². The Morgan fingerprint density at radius 3 is 2.54 bits per heavy atom. The molecule has 116 valence electrons. The van der Waals surface area contributed by atoms with Crippen LogP contribution in [0, 0.1) is 11.3 Å². The van der Waals surface area contributed by atoms with Gasteiger partial charge in [-0.1, -0.05) is 42.5 Å². The number of aromatic nitrogens is 1. The van der Waals surface area contributed by atoms with E-state index in [9.17, 15) is 10.1 Å². The third-order valence-corrected chi connectivity index (χ3v) is 4.22. The molecule has 1 aromatic heterocycles. The highest BCUT2D eigenvalue weighted by atomic mass is 16.5. The first kappa shape index (κ1) is 14.1. The summed E-state index contributed by atoms with van der Waals surface area (Å²) in [5, 5.41) is 10.3. The molecule has 3 N–H and O–H groups in total. The standard InChI is InChI=1S/C19H13N3O2/c20-10-13-15(11-6-2-1-3-7-11)16-17(24-18(13)21)12-8-4-5-9-14(12)22-19(16)23/h1-9,15H,21H2,(H,22,23)/t15-/m0/s1. The van der Waals surface area contributed by atoms with Crippen molar-refractivity contribution in [2.45, 2.75) is 5.92 Å². The number of ether oxygens (including phenoxy) is 1. The van der Waals surface area contributed by atoms with Gasteiger partial charge in [0.1, 0.15) is 17.4 Å². The maximum atomic E-state index is 12.7. The van der Waals surface area contributed by atoms with Crippen LogP contribution in [0.2, 0.25) is 0 Å². The fraction of sp³-hybridized carbons (Fsp3) is 0.0526. The molecule has 1 aliphatic heterocycles. The van der Waals surface area contributed by atoms with Crippen LogP contribution in [0.15, 0.2) is 70.8 Å². The molecular formula is C19H13N3O2. The lowest BCUT2D eigenvalue weighted by atomic mass is 9.83. The molecule has 24 heavy (non-hydrogen) atoms. The molecule has 3 aromatic rings. The summed E-state index contributed by atoms with van der Waals surface area (Å²) in [5.74, 6) is -0.0948. The Labute approximate surface area is 137 Å². The first-order valence-corrected chi connectivity index (χ1v) is 7.48. The second-order valence-corrected chi connectivity index (χ2v) is 5.58. The first-order chi connectivity index (χ1) is 11.7. The second kappa shape index (κ2) is 5.28. The van der Waals surface area contributed by atoms with Gasteiger partial charge < -0.3 is 15.5 Å². The zero-order valence-electron chi connectivity index (χ0n) is 12.6. The monoisotopic (exact) mass is 315 g/mol. The van der Waals surface area contributed by atoms with Gasteiger partial charge in [0.15, 0.2) is 0 Å². The first-order valence-electron chi connectivity index (χ1n) is 7.48. The molecule has 0 fully saturated rings. The van der Waals surface area contributed by atoms with Crippen molar-refractivity contribution in [3.63, 3.8) is 0 Å². The van der Waals surface area contributed by atoms with Gasteiger partial charge in [-0.05, 0) is 17.7 Å². The maximum Gasteiger partial charge on any atom is 0.256 e. The normalized spacial score (nSPS) is 16.4. The Bertz CT molecular complexity index is 1080. The van der Waals surface area contributed by atoms with Crippen LogP contribution in [0.5, 0.6) is 5.75 Å². The van der Waals surface area contributed by atoms with E-state index in [1.165, 1.54) is 0 Å². The van der Waals surface area contributed by atoms with E-state index in [2.05, 4.69) is 11.1 Å². The molecule has 1 aliphatic rings. The van der Waals surface area contributed by atoms with E-state index in [4.69, 9.17) is 10.5 Å². The zero-order chi connectivity index (χ0) is 16.7. The predicted molar refractivity (Wildman–Crippen MR) is 90.3 cm³/mol. The number of nitrogens with two attached hydrogens (primary N) is 1. The smallest absolute Gasteiger partial charge is 0.256 e. The summed E-state index contributed by atoms with van der Waals surface area (Å²) in [6.07, 6.45) is 0. The molecule has 4 rings (SSSR count). The summed E-state index contributed by atoms with van der Waals surface area (Å²) < 4.78 is 5.70. The molecule has 0 amide bonds. The van der Waals surface area contributed by atoms with Crippen LogP contribution in [-0.4, -0.2) is 4.98 Å². The SMILES string of the molecule is N#CC1=C(N)Oc2c(c(=O)[nH]c3ccccc23)[C@H]1c1ccccc1. The number of rotatable bonds is 1. The maximum absolute atomic E-state index is 12.7. The van der Waals surface area contributed by atoms with E-state index in [0.29, 0.717) is 16.8 Å². The number of pyridine rings is 1. The fourth-order valence-electron chi connectivity index (χ4n) is 3.15. The molecule has 0 saturated carbocycles. The van der Waals surface area contributed by atoms with Crippen LogP contribution in [0.1, 0.15) is 17.0 Å². The molecule has 0 radical (unpaired) electrons. The molecule has 0 bridgehead atoms. The summed E-state index contributed by atoms with van der Waals surface area (Å²) in [6, 6.07) is 18.8. The van der Waals surface area contributed by atoms with Crippen molar-refractivity contribution >= 4 is 10.9 Å². The molecule has 2 aromatic carbocycles. The van der Waals surface area contributed by atoms with Crippen LogP contribution in [0.4, 0.5) is 0 Å². The van der Waals surface area contributed by atoms with Crippen molar-refractivity contribution in [1.29, 1.82) is 5.26 Å².